The molecule has 11 rings (SSSR count). The van der Waals surface area contributed by atoms with Crippen LogP contribution < -0.4 is 25.6 Å². The first kappa shape index (κ1) is 38.6. The fourth-order valence-electron chi connectivity index (χ4n) is 10.0. The molecule has 0 unspecified atom stereocenters. The summed E-state index contributed by atoms with van der Waals surface area (Å²) >= 11 is 0. The number of nitriles is 1. The maximum Gasteiger partial charge on any atom is 0.179 e. The van der Waals surface area contributed by atoms with Crippen LogP contribution in [0, 0.1) is 11.3 Å². The van der Waals surface area contributed by atoms with Crippen molar-refractivity contribution in [3.05, 3.63) is 260 Å². The van der Waals surface area contributed by atoms with Gasteiger partial charge in [0, 0.05) is 17.1 Å². The Balaban J connectivity index is 1.06. The molecule has 0 aliphatic carbocycles. The van der Waals surface area contributed by atoms with Crippen LogP contribution in [-0.2, 0) is 0 Å². The Kier molecular flexibility index (Phi) is 9.97. The molecule has 0 saturated carbocycles. The van der Waals surface area contributed by atoms with Crippen molar-refractivity contribution in [1.29, 1.82) is 5.26 Å². The van der Waals surface area contributed by atoms with Crippen molar-refractivity contribution in [3.8, 4) is 28.3 Å². The van der Waals surface area contributed by atoms with Crippen LogP contribution >= 0.6 is 0 Å². The van der Waals surface area contributed by atoms with Crippen molar-refractivity contribution in [2.75, 3.05) is 4.90 Å². The van der Waals surface area contributed by atoms with Gasteiger partial charge in [-0.05, 0) is 124 Å². The lowest BCUT2D eigenvalue weighted by molar-refractivity contribution is 1.28. The fourth-order valence-corrected chi connectivity index (χ4v) is 14.8. The molecule has 64 heavy (non-hydrogen) atoms. The first-order valence-corrected chi connectivity index (χ1v) is 23.8. The monoisotopic (exact) mass is 830 g/mol. The molecule has 0 aliphatic rings. The molecule has 2 nitrogen and oxygen atoms in total. The van der Waals surface area contributed by atoms with Crippen LogP contribution in [0.3, 0.4) is 0 Å². The minimum atomic E-state index is -2.71. The number of rotatable bonds is 9. The van der Waals surface area contributed by atoms with E-state index in [1.165, 1.54) is 69.8 Å². The Hall–Kier alpha value is -8.29. The van der Waals surface area contributed by atoms with Crippen LogP contribution in [-0.4, -0.2) is 8.07 Å². The summed E-state index contributed by atoms with van der Waals surface area (Å²) in [5.41, 5.74) is 8.55. The predicted octanol–water partition coefficient (Wildman–Crippen LogP) is 13.2. The van der Waals surface area contributed by atoms with Crippen molar-refractivity contribution in [3.63, 3.8) is 0 Å². The number of hydrogen-bond donors (Lipinski definition) is 0. The van der Waals surface area contributed by atoms with Crippen LogP contribution in [0.4, 0.5) is 17.1 Å². The van der Waals surface area contributed by atoms with Gasteiger partial charge in [-0.2, -0.15) is 5.26 Å². The molecule has 0 amide bonds. The Morgan fingerprint density at radius 3 is 1.17 bits per heavy atom. The first-order chi connectivity index (χ1) is 31.7. The molecule has 0 saturated heterocycles. The van der Waals surface area contributed by atoms with Crippen molar-refractivity contribution in [1.82, 2.24) is 0 Å². The van der Waals surface area contributed by atoms with Gasteiger partial charge in [0.1, 0.15) is 0 Å². The Morgan fingerprint density at radius 1 is 0.312 bits per heavy atom. The number of hydrogen-bond acceptors (Lipinski definition) is 2. The van der Waals surface area contributed by atoms with Crippen molar-refractivity contribution < 1.29 is 0 Å². The quantitative estimate of drug-likeness (QED) is 0.0823. The van der Waals surface area contributed by atoms with Crippen LogP contribution in [0.15, 0.2) is 255 Å². The third-order valence-corrected chi connectivity index (χ3v) is 17.6. The van der Waals surface area contributed by atoms with Crippen molar-refractivity contribution >= 4 is 78.2 Å². The number of anilines is 3. The second-order valence-corrected chi connectivity index (χ2v) is 20.1. The van der Waals surface area contributed by atoms with Crippen LogP contribution in [0.5, 0.6) is 0 Å². The number of nitrogens with zero attached hydrogens (tertiary/aromatic N) is 2. The van der Waals surface area contributed by atoms with E-state index in [0.717, 1.165) is 22.6 Å². The average Bonchev–Trinajstić information content (AvgIpc) is 3.38. The maximum absolute atomic E-state index is 9.75. The Bertz CT molecular complexity index is 3310. The lowest BCUT2D eigenvalue weighted by Crippen LogP contribution is -2.74. The van der Waals surface area contributed by atoms with E-state index in [9.17, 15) is 5.26 Å². The van der Waals surface area contributed by atoms with Gasteiger partial charge in [0.2, 0.25) is 0 Å². The summed E-state index contributed by atoms with van der Waals surface area (Å²) in [7, 11) is -2.71. The largest absolute Gasteiger partial charge is 0.311 e. The summed E-state index contributed by atoms with van der Waals surface area (Å²) in [6.07, 6.45) is 0. The third-order valence-electron chi connectivity index (χ3n) is 12.8. The van der Waals surface area contributed by atoms with Crippen molar-refractivity contribution in [2.24, 2.45) is 0 Å². The van der Waals surface area contributed by atoms with Gasteiger partial charge in [-0.25, -0.2) is 0 Å². The van der Waals surface area contributed by atoms with Crippen LogP contribution in [0.25, 0.3) is 54.6 Å². The van der Waals surface area contributed by atoms with E-state index in [2.05, 4.69) is 241 Å². The molecule has 11 aromatic carbocycles. The summed E-state index contributed by atoms with van der Waals surface area (Å²) < 4.78 is 0. The second kappa shape index (κ2) is 16.5. The molecule has 0 aliphatic heterocycles. The highest BCUT2D eigenvalue weighted by Gasteiger charge is 2.41. The van der Waals surface area contributed by atoms with Gasteiger partial charge in [-0.3, -0.25) is 0 Å². The van der Waals surface area contributed by atoms with Crippen LogP contribution in [0.2, 0.25) is 0 Å². The van der Waals surface area contributed by atoms with Gasteiger partial charge in [-0.15, -0.1) is 0 Å². The number of fused-ring (bicyclic) bond motifs is 3. The van der Waals surface area contributed by atoms with Gasteiger partial charge in [0.25, 0.3) is 0 Å². The van der Waals surface area contributed by atoms with E-state index >= 15 is 0 Å². The van der Waals surface area contributed by atoms with Gasteiger partial charge in [0.05, 0.1) is 11.6 Å². The van der Waals surface area contributed by atoms with Gasteiger partial charge in [-0.1, -0.05) is 206 Å². The van der Waals surface area contributed by atoms with Gasteiger partial charge < -0.3 is 4.90 Å². The summed E-state index contributed by atoms with van der Waals surface area (Å²) in [6.45, 7) is 0. The van der Waals surface area contributed by atoms with E-state index in [4.69, 9.17) is 0 Å². The maximum atomic E-state index is 9.75. The standard InChI is InChI=1S/C61H42N2Si/c62-43-44-31-35-47(36-32-44)63(49-39-41-53(42-40-49)64(50-19-4-1-5-20-50,51-21-6-2-7-22-51)52-23-8-3-9-24-52)48-37-33-46(34-38-48)60-56-26-12-14-28-58(56)61(59-29-15-13-27-57(59)60)55-30-16-18-45-17-10-11-25-54(45)55/h1-42H. The highest BCUT2D eigenvalue weighted by atomic mass is 28.3. The topological polar surface area (TPSA) is 27.0 Å². The normalized spacial score (nSPS) is 11.4. The minimum absolute atomic E-state index is 0.629. The zero-order valence-corrected chi connectivity index (χ0v) is 36.1. The molecule has 300 valence electrons. The van der Waals surface area contributed by atoms with E-state index < -0.39 is 8.07 Å². The van der Waals surface area contributed by atoms with Crippen molar-refractivity contribution in [2.45, 2.75) is 0 Å². The zero-order valence-electron chi connectivity index (χ0n) is 35.1. The van der Waals surface area contributed by atoms with Gasteiger partial charge in [0.15, 0.2) is 8.07 Å². The zero-order chi connectivity index (χ0) is 42.9. The second-order valence-electron chi connectivity index (χ2n) is 16.3. The molecule has 0 bridgehead atoms. The molecular weight excluding hydrogens is 789 g/mol. The number of benzene rings is 11. The summed E-state index contributed by atoms with van der Waals surface area (Å²) in [5, 5.41) is 22.5. The van der Waals surface area contributed by atoms with Crippen LogP contribution in [0.1, 0.15) is 5.56 Å². The Morgan fingerprint density at radius 2 is 0.688 bits per heavy atom. The molecule has 11 aromatic rings. The van der Waals surface area contributed by atoms with E-state index in [1.54, 1.807) is 0 Å². The van der Waals surface area contributed by atoms with E-state index in [-0.39, 0.29) is 0 Å². The molecule has 0 heterocycles. The average molecular weight is 831 g/mol. The minimum Gasteiger partial charge on any atom is -0.311 e. The fraction of sp³-hybridized carbons (Fsp3) is 0. The lowest BCUT2D eigenvalue weighted by Gasteiger charge is -2.35. The lowest BCUT2D eigenvalue weighted by atomic mass is 9.85. The van der Waals surface area contributed by atoms with E-state index in [1.807, 2.05) is 24.3 Å². The Labute approximate surface area is 375 Å². The molecule has 0 spiro atoms. The third kappa shape index (κ3) is 6.57. The summed E-state index contributed by atoms with van der Waals surface area (Å²) in [6, 6.07) is 94.6. The highest BCUT2D eigenvalue weighted by Crippen LogP contribution is 2.46. The highest BCUT2D eigenvalue weighted by molar-refractivity contribution is 7.19. The molecule has 0 fully saturated rings. The summed E-state index contributed by atoms with van der Waals surface area (Å²) in [4.78, 5) is 2.30. The molecular formula is C61H42N2Si. The molecule has 3 heteroatoms. The summed E-state index contributed by atoms with van der Waals surface area (Å²) in [5.74, 6) is 0. The van der Waals surface area contributed by atoms with Gasteiger partial charge >= 0.3 is 0 Å². The smallest absolute Gasteiger partial charge is 0.179 e. The molecule has 0 aromatic heterocycles. The SMILES string of the molecule is N#Cc1ccc(N(c2ccc(-c3c4ccccc4c(-c4cccc5ccccc45)c4ccccc34)cc2)c2ccc([Si](c3ccccc3)(c3ccccc3)c3ccccc3)cc2)cc1. The predicted molar refractivity (Wildman–Crippen MR) is 273 cm³/mol. The first-order valence-electron chi connectivity index (χ1n) is 21.8. The van der Waals surface area contributed by atoms with E-state index in [0.29, 0.717) is 5.56 Å². The molecule has 0 atom stereocenters. The molecule has 0 radical (unpaired) electrons. The molecule has 0 N–H and O–H groups in total.